The van der Waals surface area contributed by atoms with E-state index < -0.39 is 0 Å². The maximum absolute atomic E-state index is 12.4. The highest BCUT2D eigenvalue weighted by Gasteiger charge is 2.18. The summed E-state index contributed by atoms with van der Waals surface area (Å²) >= 11 is 0. The fraction of sp³-hybridized carbons (Fsp3) is 0.308. The van der Waals surface area contributed by atoms with Crippen molar-refractivity contribution in [3.05, 3.63) is 46.5 Å². The summed E-state index contributed by atoms with van der Waals surface area (Å²) in [5.74, 6) is -0.00991. The third-order valence-corrected chi connectivity index (χ3v) is 2.87. The van der Waals surface area contributed by atoms with Crippen molar-refractivity contribution < 1.29 is 4.79 Å². The number of rotatable bonds is 2. The normalized spacial score (nSPS) is 10.6. The van der Waals surface area contributed by atoms with Gasteiger partial charge < -0.3 is 0 Å². The molecule has 4 heteroatoms. The van der Waals surface area contributed by atoms with Gasteiger partial charge in [0.05, 0.1) is 11.3 Å². The summed E-state index contributed by atoms with van der Waals surface area (Å²) in [6.07, 6.45) is 3.33. The largest absolute Gasteiger partial charge is 0.288 e. The van der Waals surface area contributed by atoms with Gasteiger partial charge in [-0.25, -0.2) is 0 Å². The second-order valence-electron chi connectivity index (χ2n) is 4.25. The molecule has 17 heavy (non-hydrogen) atoms. The molecule has 2 rings (SSSR count). The van der Waals surface area contributed by atoms with Crippen LogP contribution in [0.5, 0.6) is 0 Å². The Hall–Kier alpha value is -1.97. The lowest BCUT2D eigenvalue weighted by atomic mass is 10.0. The molecule has 0 radical (unpaired) electrons. The van der Waals surface area contributed by atoms with E-state index in [1.165, 1.54) is 0 Å². The molecule has 0 unspecified atom stereocenters. The minimum Gasteiger partial charge on any atom is -0.288 e. The fourth-order valence-electron chi connectivity index (χ4n) is 1.93. The maximum atomic E-state index is 12.4. The van der Waals surface area contributed by atoms with Gasteiger partial charge in [0.2, 0.25) is 0 Å². The molecule has 2 aromatic rings. The third-order valence-electron chi connectivity index (χ3n) is 2.87. The van der Waals surface area contributed by atoms with Crippen LogP contribution in [0.25, 0.3) is 0 Å². The molecule has 0 amide bonds. The van der Waals surface area contributed by atoms with Crippen LogP contribution in [0.3, 0.4) is 0 Å². The Morgan fingerprint density at radius 1 is 1.24 bits per heavy atom. The van der Waals surface area contributed by atoms with Gasteiger partial charge in [-0.2, -0.15) is 5.10 Å². The highest BCUT2D eigenvalue weighted by atomic mass is 16.1. The number of hydrogen-bond acceptors (Lipinski definition) is 3. The number of nitrogens with zero attached hydrogens (tertiary/aromatic N) is 3. The zero-order valence-electron chi connectivity index (χ0n) is 10.5. The van der Waals surface area contributed by atoms with Crippen LogP contribution in [-0.4, -0.2) is 20.5 Å². The van der Waals surface area contributed by atoms with Crippen LogP contribution in [0.2, 0.25) is 0 Å². The molecule has 0 aromatic carbocycles. The minimum atomic E-state index is -0.00991. The van der Waals surface area contributed by atoms with Crippen LogP contribution in [0.4, 0.5) is 0 Å². The van der Waals surface area contributed by atoms with Gasteiger partial charge in [0.15, 0.2) is 5.78 Å². The van der Waals surface area contributed by atoms with Gasteiger partial charge in [-0.15, -0.1) is 0 Å². The zero-order valence-corrected chi connectivity index (χ0v) is 10.5. The standard InChI is InChI=1S/C13H15N3O/c1-8-5-11(7-14-6-8)13(17)12-9(2)15-16(4)10(12)3/h5-7H,1-4H3. The summed E-state index contributed by atoms with van der Waals surface area (Å²) in [5, 5.41) is 4.26. The van der Waals surface area contributed by atoms with Gasteiger partial charge in [-0.05, 0) is 32.4 Å². The Morgan fingerprint density at radius 2 is 1.94 bits per heavy atom. The Morgan fingerprint density at radius 3 is 2.47 bits per heavy atom. The number of carbonyl (C=O) groups is 1. The molecule has 0 atom stereocenters. The number of hydrogen-bond donors (Lipinski definition) is 0. The highest BCUT2D eigenvalue weighted by Crippen LogP contribution is 2.17. The summed E-state index contributed by atoms with van der Waals surface area (Å²) < 4.78 is 1.73. The van der Waals surface area contributed by atoms with E-state index in [4.69, 9.17) is 0 Å². The van der Waals surface area contributed by atoms with Crippen LogP contribution >= 0.6 is 0 Å². The number of ketones is 1. The molecule has 0 fully saturated rings. The summed E-state index contributed by atoms with van der Waals surface area (Å²) in [7, 11) is 1.84. The van der Waals surface area contributed by atoms with Gasteiger partial charge in [-0.1, -0.05) is 0 Å². The van der Waals surface area contributed by atoms with Gasteiger partial charge in [-0.3, -0.25) is 14.5 Å². The topological polar surface area (TPSA) is 47.8 Å². The average molecular weight is 229 g/mol. The highest BCUT2D eigenvalue weighted by molar-refractivity contribution is 6.10. The monoisotopic (exact) mass is 229 g/mol. The molecule has 0 aliphatic rings. The first-order valence-electron chi connectivity index (χ1n) is 5.47. The zero-order chi connectivity index (χ0) is 12.6. The van der Waals surface area contributed by atoms with Crippen molar-refractivity contribution in [2.45, 2.75) is 20.8 Å². The molecule has 0 aliphatic heterocycles. The van der Waals surface area contributed by atoms with Crippen LogP contribution in [-0.2, 0) is 7.05 Å². The summed E-state index contributed by atoms with van der Waals surface area (Å²) in [6.45, 7) is 5.67. The molecular weight excluding hydrogens is 214 g/mol. The van der Waals surface area contributed by atoms with Crippen molar-refractivity contribution >= 4 is 5.78 Å². The quantitative estimate of drug-likeness (QED) is 0.740. The Labute approximate surface area is 100 Å². The van der Waals surface area contributed by atoms with E-state index in [9.17, 15) is 4.79 Å². The second kappa shape index (κ2) is 4.13. The molecule has 0 spiro atoms. The predicted molar refractivity (Wildman–Crippen MR) is 65.1 cm³/mol. The molecular formula is C13H15N3O. The fourth-order valence-corrected chi connectivity index (χ4v) is 1.93. The van der Waals surface area contributed by atoms with Crippen molar-refractivity contribution in [2.75, 3.05) is 0 Å². The van der Waals surface area contributed by atoms with Gasteiger partial charge in [0, 0.05) is 30.7 Å². The van der Waals surface area contributed by atoms with E-state index in [0.29, 0.717) is 11.1 Å². The predicted octanol–water partition coefficient (Wildman–Crippen LogP) is 1.97. The molecule has 0 saturated heterocycles. The summed E-state index contributed by atoms with van der Waals surface area (Å²) in [4.78, 5) is 16.4. The molecule has 2 aromatic heterocycles. The molecule has 0 aliphatic carbocycles. The van der Waals surface area contributed by atoms with Gasteiger partial charge in [0.25, 0.3) is 0 Å². The first kappa shape index (κ1) is 11.5. The molecule has 0 bridgehead atoms. The van der Waals surface area contributed by atoms with E-state index in [1.54, 1.807) is 17.1 Å². The van der Waals surface area contributed by atoms with Crippen molar-refractivity contribution in [1.82, 2.24) is 14.8 Å². The second-order valence-corrected chi connectivity index (χ2v) is 4.25. The van der Waals surface area contributed by atoms with Gasteiger partial charge >= 0.3 is 0 Å². The van der Waals surface area contributed by atoms with E-state index in [-0.39, 0.29) is 5.78 Å². The third kappa shape index (κ3) is 1.98. The Balaban J connectivity index is 2.51. The summed E-state index contributed by atoms with van der Waals surface area (Å²) in [6, 6.07) is 1.85. The number of aromatic nitrogens is 3. The lowest BCUT2D eigenvalue weighted by Crippen LogP contribution is -2.05. The SMILES string of the molecule is Cc1cncc(C(=O)c2c(C)nn(C)c2C)c1. The van der Waals surface area contributed by atoms with Crippen LogP contribution in [0.15, 0.2) is 18.5 Å². The minimum absolute atomic E-state index is 0.00991. The number of carbonyl (C=O) groups excluding carboxylic acids is 1. The van der Waals surface area contributed by atoms with Gasteiger partial charge in [0.1, 0.15) is 0 Å². The van der Waals surface area contributed by atoms with Crippen LogP contribution in [0.1, 0.15) is 32.9 Å². The smallest absolute Gasteiger partial charge is 0.198 e. The van der Waals surface area contributed by atoms with Crippen molar-refractivity contribution in [2.24, 2.45) is 7.05 Å². The molecule has 0 N–H and O–H groups in total. The van der Waals surface area contributed by atoms with E-state index in [1.807, 2.05) is 33.9 Å². The lowest BCUT2D eigenvalue weighted by molar-refractivity contribution is 0.103. The van der Waals surface area contributed by atoms with E-state index >= 15 is 0 Å². The first-order chi connectivity index (χ1) is 8.00. The molecule has 88 valence electrons. The van der Waals surface area contributed by atoms with E-state index in [2.05, 4.69) is 10.1 Å². The number of aryl methyl sites for hydroxylation is 3. The lowest BCUT2D eigenvalue weighted by Gasteiger charge is -2.02. The number of pyridine rings is 1. The molecule has 2 heterocycles. The molecule has 4 nitrogen and oxygen atoms in total. The van der Waals surface area contributed by atoms with Crippen LogP contribution in [0, 0.1) is 20.8 Å². The van der Waals surface area contributed by atoms with Crippen LogP contribution < -0.4 is 0 Å². The van der Waals surface area contributed by atoms with Crippen molar-refractivity contribution in [1.29, 1.82) is 0 Å². The average Bonchev–Trinajstić information content (AvgIpc) is 2.52. The maximum Gasteiger partial charge on any atom is 0.198 e. The first-order valence-corrected chi connectivity index (χ1v) is 5.47. The van der Waals surface area contributed by atoms with E-state index in [0.717, 1.165) is 17.0 Å². The summed E-state index contributed by atoms with van der Waals surface area (Å²) in [5.41, 5.74) is 3.92. The van der Waals surface area contributed by atoms with Crippen molar-refractivity contribution in [3.8, 4) is 0 Å². The van der Waals surface area contributed by atoms with Crippen molar-refractivity contribution in [3.63, 3.8) is 0 Å². The Bertz CT molecular complexity index is 584. The Kier molecular flexibility index (Phi) is 2.79. The molecule has 0 saturated carbocycles.